The quantitative estimate of drug-likeness (QED) is 0.741. The van der Waals surface area contributed by atoms with E-state index in [1.165, 1.54) is 19.3 Å². The molecule has 1 spiro atoms. The van der Waals surface area contributed by atoms with Crippen LogP contribution < -0.4 is 10.6 Å². The van der Waals surface area contributed by atoms with Crippen LogP contribution in [0.15, 0.2) is 0 Å². The fourth-order valence-corrected chi connectivity index (χ4v) is 3.16. The van der Waals surface area contributed by atoms with Gasteiger partial charge in [-0.1, -0.05) is 6.92 Å². The largest absolute Gasteiger partial charge is 0.348 e. The fourth-order valence-electron chi connectivity index (χ4n) is 3.16. The zero-order valence-corrected chi connectivity index (χ0v) is 12.5. The molecule has 4 heteroatoms. The van der Waals surface area contributed by atoms with Gasteiger partial charge in [-0.05, 0) is 45.2 Å². The van der Waals surface area contributed by atoms with E-state index in [-0.39, 0.29) is 5.79 Å². The minimum Gasteiger partial charge on any atom is -0.348 e. The summed E-state index contributed by atoms with van der Waals surface area (Å²) < 4.78 is 11.5. The predicted molar refractivity (Wildman–Crippen MR) is 77.2 cm³/mol. The summed E-state index contributed by atoms with van der Waals surface area (Å²) in [6.07, 6.45) is 5.97. The lowest BCUT2D eigenvalue weighted by Crippen LogP contribution is -2.38. The van der Waals surface area contributed by atoms with Crippen LogP contribution in [-0.2, 0) is 9.47 Å². The first-order valence-corrected chi connectivity index (χ1v) is 7.96. The zero-order chi connectivity index (χ0) is 13.6. The van der Waals surface area contributed by atoms with E-state index in [0.717, 1.165) is 51.6 Å². The standard InChI is InChI=1S/C15H30N2O2/c1-3-16-12-13(2)17-9-6-14-4-7-15(8-5-14)18-10-11-19-15/h13-14,16-17H,3-12H2,1-2H3. The van der Waals surface area contributed by atoms with Gasteiger partial charge in [0, 0.05) is 25.4 Å². The monoisotopic (exact) mass is 270 g/mol. The Morgan fingerprint density at radius 3 is 2.53 bits per heavy atom. The van der Waals surface area contributed by atoms with Crippen molar-refractivity contribution in [2.45, 2.75) is 57.8 Å². The lowest BCUT2D eigenvalue weighted by molar-refractivity contribution is -0.182. The van der Waals surface area contributed by atoms with E-state index in [1.54, 1.807) is 0 Å². The molecule has 4 nitrogen and oxygen atoms in total. The van der Waals surface area contributed by atoms with Crippen LogP contribution >= 0.6 is 0 Å². The Labute approximate surface area is 117 Å². The van der Waals surface area contributed by atoms with Crippen LogP contribution in [0.1, 0.15) is 46.0 Å². The van der Waals surface area contributed by atoms with Gasteiger partial charge in [0.1, 0.15) is 0 Å². The van der Waals surface area contributed by atoms with Crippen molar-refractivity contribution in [3.8, 4) is 0 Å². The third-order valence-electron chi connectivity index (χ3n) is 4.43. The molecule has 1 atom stereocenters. The second kappa shape index (κ2) is 7.58. The summed E-state index contributed by atoms with van der Waals surface area (Å²) in [5.74, 6) is 0.652. The lowest BCUT2D eigenvalue weighted by Gasteiger charge is -2.35. The summed E-state index contributed by atoms with van der Waals surface area (Å²) >= 11 is 0. The highest BCUT2D eigenvalue weighted by Gasteiger charge is 2.39. The van der Waals surface area contributed by atoms with Crippen LogP contribution in [0.25, 0.3) is 0 Å². The van der Waals surface area contributed by atoms with Gasteiger partial charge in [0.2, 0.25) is 0 Å². The molecule has 1 unspecified atom stereocenters. The molecule has 1 heterocycles. The van der Waals surface area contributed by atoms with E-state index < -0.39 is 0 Å². The van der Waals surface area contributed by atoms with Gasteiger partial charge in [-0.15, -0.1) is 0 Å². The first-order chi connectivity index (χ1) is 9.24. The Morgan fingerprint density at radius 1 is 1.21 bits per heavy atom. The summed E-state index contributed by atoms with van der Waals surface area (Å²) in [6, 6.07) is 0.566. The van der Waals surface area contributed by atoms with Gasteiger partial charge in [-0.3, -0.25) is 0 Å². The van der Waals surface area contributed by atoms with Crippen LogP contribution in [0.3, 0.4) is 0 Å². The van der Waals surface area contributed by atoms with Crippen molar-refractivity contribution in [1.29, 1.82) is 0 Å². The van der Waals surface area contributed by atoms with Crippen molar-refractivity contribution in [1.82, 2.24) is 10.6 Å². The molecule has 112 valence electrons. The molecule has 1 saturated heterocycles. The number of hydrogen-bond acceptors (Lipinski definition) is 4. The molecule has 0 aromatic carbocycles. The third-order valence-corrected chi connectivity index (χ3v) is 4.43. The zero-order valence-electron chi connectivity index (χ0n) is 12.5. The summed E-state index contributed by atoms with van der Waals surface area (Å²) in [5.41, 5.74) is 0. The average molecular weight is 270 g/mol. The number of likely N-dealkylation sites (N-methyl/N-ethyl adjacent to an activating group) is 1. The molecule has 1 saturated carbocycles. The van der Waals surface area contributed by atoms with Crippen LogP contribution in [0.2, 0.25) is 0 Å². The Morgan fingerprint density at radius 2 is 1.89 bits per heavy atom. The Hall–Kier alpha value is -0.160. The molecule has 1 aliphatic carbocycles. The van der Waals surface area contributed by atoms with Crippen molar-refractivity contribution < 1.29 is 9.47 Å². The summed E-state index contributed by atoms with van der Waals surface area (Å²) in [5, 5.41) is 6.97. The summed E-state index contributed by atoms with van der Waals surface area (Å²) in [4.78, 5) is 0. The fraction of sp³-hybridized carbons (Fsp3) is 1.00. The van der Waals surface area contributed by atoms with Crippen LogP contribution in [0.4, 0.5) is 0 Å². The first kappa shape index (κ1) is 15.2. The topological polar surface area (TPSA) is 42.5 Å². The normalized spacial score (nSPS) is 24.9. The molecular weight excluding hydrogens is 240 g/mol. The predicted octanol–water partition coefficient (Wildman–Crippen LogP) is 1.90. The molecule has 19 heavy (non-hydrogen) atoms. The van der Waals surface area contributed by atoms with Crippen LogP contribution in [0.5, 0.6) is 0 Å². The molecule has 0 radical (unpaired) electrons. The van der Waals surface area contributed by atoms with Gasteiger partial charge in [-0.25, -0.2) is 0 Å². The van der Waals surface area contributed by atoms with Crippen molar-refractivity contribution in [2.75, 3.05) is 32.8 Å². The molecule has 0 amide bonds. The molecule has 0 aromatic rings. The van der Waals surface area contributed by atoms with Gasteiger partial charge in [0.15, 0.2) is 5.79 Å². The first-order valence-electron chi connectivity index (χ1n) is 7.96. The average Bonchev–Trinajstić information content (AvgIpc) is 2.87. The van der Waals surface area contributed by atoms with Gasteiger partial charge in [-0.2, -0.15) is 0 Å². The molecule has 1 aliphatic heterocycles. The molecule has 2 fully saturated rings. The maximum absolute atomic E-state index is 5.77. The molecular formula is C15H30N2O2. The van der Waals surface area contributed by atoms with Gasteiger partial charge in [0.25, 0.3) is 0 Å². The molecule has 2 rings (SSSR count). The van der Waals surface area contributed by atoms with Crippen molar-refractivity contribution in [2.24, 2.45) is 5.92 Å². The minimum absolute atomic E-state index is 0.192. The third kappa shape index (κ3) is 4.71. The van der Waals surface area contributed by atoms with E-state index in [2.05, 4.69) is 24.5 Å². The Balaban J connectivity index is 1.55. The minimum atomic E-state index is -0.192. The van der Waals surface area contributed by atoms with E-state index in [0.29, 0.717) is 6.04 Å². The molecule has 2 N–H and O–H groups in total. The highest BCUT2D eigenvalue weighted by Crippen LogP contribution is 2.39. The highest BCUT2D eigenvalue weighted by molar-refractivity contribution is 4.82. The van der Waals surface area contributed by atoms with Crippen molar-refractivity contribution in [3.05, 3.63) is 0 Å². The molecule has 0 bridgehead atoms. The maximum atomic E-state index is 5.77. The van der Waals surface area contributed by atoms with E-state index >= 15 is 0 Å². The van der Waals surface area contributed by atoms with E-state index in [9.17, 15) is 0 Å². The van der Waals surface area contributed by atoms with Gasteiger partial charge >= 0.3 is 0 Å². The number of hydrogen-bond donors (Lipinski definition) is 2. The van der Waals surface area contributed by atoms with Crippen molar-refractivity contribution in [3.63, 3.8) is 0 Å². The highest BCUT2D eigenvalue weighted by atomic mass is 16.7. The SMILES string of the molecule is CCNCC(C)NCCC1CCC2(CC1)OCCO2. The van der Waals surface area contributed by atoms with Crippen LogP contribution in [0, 0.1) is 5.92 Å². The second-order valence-corrected chi connectivity index (χ2v) is 6.00. The van der Waals surface area contributed by atoms with E-state index in [4.69, 9.17) is 9.47 Å². The molecule has 0 aromatic heterocycles. The molecule has 2 aliphatic rings. The summed E-state index contributed by atoms with van der Waals surface area (Å²) in [7, 11) is 0. The maximum Gasteiger partial charge on any atom is 0.168 e. The van der Waals surface area contributed by atoms with Gasteiger partial charge in [0.05, 0.1) is 13.2 Å². The smallest absolute Gasteiger partial charge is 0.168 e. The Kier molecular flexibility index (Phi) is 6.07. The number of rotatable bonds is 7. The van der Waals surface area contributed by atoms with Gasteiger partial charge < -0.3 is 20.1 Å². The number of nitrogens with one attached hydrogen (secondary N) is 2. The van der Waals surface area contributed by atoms with Crippen LogP contribution in [-0.4, -0.2) is 44.7 Å². The lowest BCUT2D eigenvalue weighted by atomic mass is 9.83. The van der Waals surface area contributed by atoms with Crippen molar-refractivity contribution >= 4 is 0 Å². The number of ether oxygens (including phenoxy) is 2. The summed E-state index contributed by atoms with van der Waals surface area (Å²) in [6.45, 7) is 9.22. The Bertz CT molecular complexity index is 245. The second-order valence-electron chi connectivity index (χ2n) is 6.00. The van der Waals surface area contributed by atoms with E-state index in [1.807, 2.05) is 0 Å².